The van der Waals surface area contributed by atoms with Crippen molar-refractivity contribution in [3.8, 4) is 5.69 Å². The number of nitrogens with two attached hydrogens (primary N) is 1. The van der Waals surface area contributed by atoms with E-state index in [1.807, 2.05) is 6.07 Å². The lowest BCUT2D eigenvalue weighted by Gasteiger charge is -2.02. The summed E-state index contributed by atoms with van der Waals surface area (Å²) >= 11 is 0. The second-order valence-corrected chi connectivity index (χ2v) is 2.93. The molecule has 0 unspecified atom stereocenters. The largest absolute Gasteiger partial charge is 0.470 e. The zero-order chi connectivity index (χ0) is 9.97. The number of furan rings is 1. The van der Waals surface area contributed by atoms with E-state index in [0.717, 1.165) is 11.3 Å². The predicted molar refractivity (Wildman–Crippen MR) is 52.2 cm³/mol. The smallest absolute Gasteiger partial charge is 0.255 e. The Morgan fingerprint density at radius 3 is 2.86 bits per heavy atom. The molecule has 0 aliphatic heterocycles. The van der Waals surface area contributed by atoms with Gasteiger partial charge in [-0.1, -0.05) is 0 Å². The SMILES string of the molecule is NCc1ccn(-c2ccoc2)c(=O)c1. The summed E-state index contributed by atoms with van der Waals surface area (Å²) in [6.45, 7) is 0.376. The molecule has 0 saturated carbocycles. The van der Waals surface area contributed by atoms with Gasteiger partial charge in [0.15, 0.2) is 0 Å². The Morgan fingerprint density at radius 1 is 1.43 bits per heavy atom. The zero-order valence-electron chi connectivity index (χ0n) is 7.51. The van der Waals surface area contributed by atoms with Gasteiger partial charge in [0.25, 0.3) is 5.56 Å². The van der Waals surface area contributed by atoms with Crippen LogP contribution in [0, 0.1) is 0 Å². The summed E-state index contributed by atoms with van der Waals surface area (Å²) in [5, 5.41) is 0. The third-order valence-corrected chi connectivity index (χ3v) is 2.00. The Kier molecular flexibility index (Phi) is 2.20. The maximum atomic E-state index is 11.6. The van der Waals surface area contributed by atoms with Gasteiger partial charge in [0.2, 0.25) is 0 Å². The molecule has 0 bridgehead atoms. The van der Waals surface area contributed by atoms with E-state index in [-0.39, 0.29) is 5.56 Å². The first-order valence-electron chi connectivity index (χ1n) is 4.25. The molecule has 14 heavy (non-hydrogen) atoms. The Hall–Kier alpha value is -1.81. The van der Waals surface area contributed by atoms with Gasteiger partial charge in [-0.15, -0.1) is 0 Å². The number of aromatic nitrogens is 1. The lowest BCUT2D eigenvalue weighted by Crippen LogP contribution is -2.17. The van der Waals surface area contributed by atoms with E-state index in [0.29, 0.717) is 6.54 Å². The molecule has 2 aromatic rings. The van der Waals surface area contributed by atoms with Gasteiger partial charge >= 0.3 is 0 Å². The van der Waals surface area contributed by atoms with Crippen LogP contribution in [0.1, 0.15) is 5.56 Å². The van der Waals surface area contributed by atoms with Gasteiger partial charge in [-0.3, -0.25) is 9.36 Å². The number of pyridine rings is 1. The topological polar surface area (TPSA) is 61.2 Å². The molecule has 0 radical (unpaired) electrons. The lowest BCUT2D eigenvalue weighted by molar-refractivity contribution is 0.565. The maximum Gasteiger partial charge on any atom is 0.255 e. The molecule has 4 nitrogen and oxygen atoms in total. The van der Waals surface area contributed by atoms with Crippen LogP contribution in [0.3, 0.4) is 0 Å². The van der Waals surface area contributed by atoms with Gasteiger partial charge in [0.05, 0.1) is 12.0 Å². The van der Waals surface area contributed by atoms with Crippen molar-refractivity contribution in [2.45, 2.75) is 6.54 Å². The summed E-state index contributed by atoms with van der Waals surface area (Å²) in [5.41, 5.74) is 6.87. The summed E-state index contributed by atoms with van der Waals surface area (Å²) in [7, 11) is 0. The van der Waals surface area contributed by atoms with E-state index in [1.165, 1.54) is 23.2 Å². The van der Waals surface area contributed by atoms with Gasteiger partial charge in [-0.25, -0.2) is 0 Å². The molecular formula is C10H10N2O2. The van der Waals surface area contributed by atoms with Crippen molar-refractivity contribution in [2.75, 3.05) is 0 Å². The van der Waals surface area contributed by atoms with Crippen LogP contribution in [-0.4, -0.2) is 4.57 Å². The average Bonchev–Trinajstić information content (AvgIpc) is 2.70. The maximum absolute atomic E-state index is 11.6. The van der Waals surface area contributed by atoms with Gasteiger partial charge in [-0.2, -0.15) is 0 Å². The molecule has 0 saturated heterocycles. The van der Waals surface area contributed by atoms with Gasteiger partial charge in [-0.05, 0) is 11.6 Å². The van der Waals surface area contributed by atoms with E-state index < -0.39 is 0 Å². The molecule has 4 heteroatoms. The molecule has 2 rings (SSSR count). The summed E-state index contributed by atoms with van der Waals surface area (Å²) in [6.07, 6.45) is 4.73. The highest BCUT2D eigenvalue weighted by Crippen LogP contribution is 2.05. The van der Waals surface area contributed by atoms with Crippen molar-refractivity contribution in [2.24, 2.45) is 5.73 Å². The molecule has 72 valence electrons. The Morgan fingerprint density at radius 2 is 2.29 bits per heavy atom. The van der Waals surface area contributed by atoms with E-state index in [1.54, 1.807) is 12.3 Å². The standard InChI is InChI=1S/C10H10N2O2/c11-6-8-1-3-12(10(13)5-8)9-2-4-14-7-9/h1-5,7H,6,11H2. The second-order valence-electron chi connectivity index (χ2n) is 2.93. The molecule has 0 aliphatic rings. The molecule has 2 N–H and O–H groups in total. The van der Waals surface area contributed by atoms with Crippen LogP contribution < -0.4 is 11.3 Å². The number of rotatable bonds is 2. The molecule has 0 aromatic carbocycles. The van der Waals surface area contributed by atoms with Crippen LogP contribution in [0.25, 0.3) is 5.69 Å². The molecule has 0 aliphatic carbocycles. The van der Waals surface area contributed by atoms with E-state index >= 15 is 0 Å². The van der Waals surface area contributed by atoms with Crippen LogP contribution in [0.5, 0.6) is 0 Å². The lowest BCUT2D eigenvalue weighted by atomic mass is 10.2. The summed E-state index contributed by atoms with van der Waals surface area (Å²) in [4.78, 5) is 11.6. The number of nitrogens with zero attached hydrogens (tertiary/aromatic N) is 1. The molecule has 2 aromatic heterocycles. The Labute approximate surface area is 80.6 Å². The third kappa shape index (κ3) is 1.47. The highest BCUT2D eigenvalue weighted by atomic mass is 16.3. The first kappa shape index (κ1) is 8.77. The van der Waals surface area contributed by atoms with Gasteiger partial charge < -0.3 is 10.2 Å². The Balaban J connectivity index is 2.51. The fourth-order valence-corrected chi connectivity index (χ4v) is 1.25. The first-order valence-corrected chi connectivity index (χ1v) is 4.25. The van der Waals surface area contributed by atoms with Crippen LogP contribution in [0.4, 0.5) is 0 Å². The predicted octanol–water partition coefficient (Wildman–Crippen LogP) is 0.889. The van der Waals surface area contributed by atoms with Gasteiger partial charge in [0, 0.05) is 24.9 Å². The third-order valence-electron chi connectivity index (χ3n) is 2.00. The number of hydrogen-bond donors (Lipinski definition) is 1. The monoisotopic (exact) mass is 190 g/mol. The van der Waals surface area contributed by atoms with Crippen LogP contribution in [0.2, 0.25) is 0 Å². The van der Waals surface area contributed by atoms with E-state index in [2.05, 4.69) is 0 Å². The molecule has 0 atom stereocenters. The summed E-state index contributed by atoms with van der Waals surface area (Å²) < 4.78 is 6.40. The summed E-state index contributed by atoms with van der Waals surface area (Å²) in [6, 6.07) is 5.06. The normalized spacial score (nSPS) is 10.4. The molecular weight excluding hydrogens is 180 g/mol. The first-order chi connectivity index (χ1) is 6.81. The fourth-order valence-electron chi connectivity index (χ4n) is 1.25. The average molecular weight is 190 g/mol. The van der Waals surface area contributed by atoms with Crippen molar-refractivity contribution in [3.05, 3.63) is 52.8 Å². The molecule has 2 heterocycles. The van der Waals surface area contributed by atoms with Crippen molar-refractivity contribution in [3.63, 3.8) is 0 Å². The highest BCUT2D eigenvalue weighted by molar-refractivity contribution is 5.28. The fraction of sp³-hybridized carbons (Fsp3) is 0.100. The summed E-state index contributed by atoms with van der Waals surface area (Å²) in [5.74, 6) is 0. The zero-order valence-corrected chi connectivity index (χ0v) is 7.51. The molecule has 0 spiro atoms. The van der Waals surface area contributed by atoms with E-state index in [4.69, 9.17) is 10.2 Å². The minimum Gasteiger partial charge on any atom is -0.470 e. The van der Waals surface area contributed by atoms with Crippen LogP contribution in [0.15, 0.2) is 46.1 Å². The quantitative estimate of drug-likeness (QED) is 0.764. The minimum atomic E-state index is -0.102. The van der Waals surface area contributed by atoms with Crippen molar-refractivity contribution in [1.29, 1.82) is 0 Å². The van der Waals surface area contributed by atoms with Crippen LogP contribution in [-0.2, 0) is 6.54 Å². The van der Waals surface area contributed by atoms with E-state index in [9.17, 15) is 4.79 Å². The molecule has 0 amide bonds. The van der Waals surface area contributed by atoms with Crippen molar-refractivity contribution in [1.82, 2.24) is 4.57 Å². The number of hydrogen-bond acceptors (Lipinski definition) is 3. The van der Waals surface area contributed by atoms with Gasteiger partial charge in [0.1, 0.15) is 6.26 Å². The second kappa shape index (κ2) is 3.51. The van der Waals surface area contributed by atoms with Crippen LogP contribution >= 0.6 is 0 Å². The highest BCUT2D eigenvalue weighted by Gasteiger charge is 2.00. The van der Waals surface area contributed by atoms with Crippen molar-refractivity contribution < 1.29 is 4.42 Å². The minimum absolute atomic E-state index is 0.102. The van der Waals surface area contributed by atoms with Crippen molar-refractivity contribution >= 4 is 0 Å². The Bertz CT molecular complexity index is 471. The molecule has 0 fully saturated rings.